The molecule has 1 aliphatic heterocycles. The van der Waals surface area contributed by atoms with E-state index in [9.17, 15) is 5.26 Å². The van der Waals surface area contributed by atoms with Crippen molar-refractivity contribution in [1.82, 2.24) is 0 Å². The molecule has 1 heterocycles. The number of benzene rings is 2. The first kappa shape index (κ1) is 15.0. The van der Waals surface area contributed by atoms with E-state index < -0.39 is 0 Å². The highest BCUT2D eigenvalue weighted by molar-refractivity contribution is 5.46. The molecule has 0 amide bonds. The topological polar surface area (TPSA) is 60.7 Å². The van der Waals surface area contributed by atoms with Crippen LogP contribution in [-0.4, -0.2) is 20.5 Å². The number of ether oxygens (including phenoxy) is 4. The molecule has 0 spiro atoms. The Hall–Kier alpha value is -2.87. The molecule has 0 saturated heterocycles. The van der Waals surface area contributed by atoms with Gasteiger partial charge in [-0.1, -0.05) is 6.07 Å². The summed E-state index contributed by atoms with van der Waals surface area (Å²) >= 11 is 0. The van der Waals surface area contributed by atoms with Gasteiger partial charge in [-0.15, -0.1) is 0 Å². The van der Waals surface area contributed by atoms with Gasteiger partial charge in [0.05, 0.1) is 25.7 Å². The van der Waals surface area contributed by atoms with Gasteiger partial charge in [0.2, 0.25) is 6.79 Å². The van der Waals surface area contributed by atoms with Crippen LogP contribution in [0.2, 0.25) is 0 Å². The molecule has 3 rings (SSSR count). The van der Waals surface area contributed by atoms with Gasteiger partial charge in [-0.25, -0.2) is 0 Å². The molecule has 23 heavy (non-hydrogen) atoms. The lowest BCUT2D eigenvalue weighted by Crippen LogP contribution is -2.04. The second-order valence-corrected chi connectivity index (χ2v) is 5.11. The molecule has 0 N–H and O–H groups in total. The molecule has 118 valence electrons. The first-order chi connectivity index (χ1) is 11.3. The van der Waals surface area contributed by atoms with E-state index in [1.807, 2.05) is 42.5 Å². The third-order valence-corrected chi connectivity index (χ3v) is 3.69. The summed E-state index contributed by atoms with van der Waals surface area (Å²) in [6, 6.07) is 15.3. The normalized spacial score (nSPS) is 13.2. The Morgan fingerprint density at radius 1 is 1.09 bits per heavy atom. The molecular weight excluding hydrogens is 294 g/mol. The summed E-state index contributed by atoms with van der Waals surface area (Å²) in [5.41, 5.74) is 0.912. The first-order valence-electron chi connectivity index (χ1n) is 7.36. The summed E-state index contributed by atoms with van der Waals surface area (Å²) in [5.74, 6) is 2.71. The lowest BCUT2D eigenvalue weighted by molar-refractivity contribution is 0.174. The fourth-order valence-corrected chi connectivity index (χ4v) is 2.40. The Bertz CT molecular complexity index is 706. The van der Waals surface area contributed by atoms with Crippen LogP contribution >= 0.6 is 0 Å². The Labute approximate surface area is 135 Å². The minimum absolute atomic E-state index is 0.233. The van der Waals surface area contributed by atoms with Crippen LogP contribution in [-0.2, 0) is 0 Å². The Morgan fingerprint density at radius 2 is 1.83 bits per heavy atom. The predicted octanol–water partition coefficient (Wildman–Crippen LogP) is 3.50. The molecule has 1 unspecified atom stereocenters. The lowest BCUT2D eigenvalue weighted by Gasteiger charge is -2.11. The van der Waals surface area contributed by atoms with Crippen molar-refractivity contribution in [3.63, 3.8) is 0 Å². The molecule has 0 fully saturated rings. The summed E-state index contributed by atoms with van der Waals surface area (Å²) in [6.45, 7) is 0.690. The highest BCUT2D eigenvalue weighted by atomic mass is 16.7. The van der Waals surface area contributed by atoms with E-state index in [4.69, 9.17) is 18.9 Å². The third kappa shape index (κ3) is 3.49. The summed E-state index contributed by atoms with van der Waals surface area (Å²) in [5, 5.41) is 9.40. The Kier molecular flexibility index (Phi) is 4.53. The molecule has 0 aromatic heterocycles. The summed E-state index contributed by atoms with van der Waals surface area (Å²) in [6.07, 6.45) is 0.599. The van der Waals surface area contributed by atoms with Crippen LogP contribution in [0.15, 0.2) is 42.5 Å². The largest absolute Gasteiger partial charge is 0.497 e. The molecule has 0 radical (unpaired) electrons. The zero-order chi connectivity index (χ0) is 16.1. The first-order valence-corrected chi connectivity index (χ1v) is 7.36. The molecule has 0 saturated carbocycles. The zero-order valence-corrected chi connectivity index (χ0v) is 12.8. The van der Waals surface area contributed by atoms with Crippen molar-refractivity contribution in [2.24, 2.45) is 0 Å². The molecule has 0 aliphatic carbocycles. The number of hydrogen-bond donors (Lipinski definition) is 0. The quantitative estimate of drug-likeness (QED) is 0.817. The van der Waals surface area contributed by atoms with Crippen molar-refractivity contribution < 1.29 is 18.9 Å². The van der Waals surface area contributed by atoms with Gasteiger partial charge in [-0.05, 0) is 42.0 Å². The van der Waals surface area contributed by atoms with Gasteiger partial charge in [0.15, 0.2) is 11.5 Å². The van der Waals surface area contributed by atoms with E-state index in [1.165, 1.54) is 0 Å². The fourth-order valence-electron chi connectivity index (χ4n) is 2.40. The van der Waals surface area contributed by atoms with Gasteiger partial charge >= 0.3 is 0 Å². The second kappa shape index (κ2) is 6.93. The summed E-state index contributed by atoms with van der Waals surface area (Å²) in [7, 11) is 1.62. The number of fused-ring (bicyclic) bond motifs is 1. The van der Waals surface area contributed by atoms with Crippen molar-refractivity contribution in [2.75, 3.05) is 20.5 Å². The van der Waals surface area contributed by atoms with Crippen molar-refractivity contribution in [1.29, 1.82) is 5.26 Å². The standard InChI is InChI=1S/C18H17NO4/c1-20-15-3-5-16(6-4-15)21-9-8-14(11-19)13-2-7-17-18(10-13)23-12-22-17/h2-7,10,14H,8-9,12H2,1H3. The monoisotopic (exact) mass is 311 g/mol. The molecule has 1 atom stereocenters. The van der Waals surface area contributed by atoms with Crippen LogP contribution in [0.4, 0.5) is 0 Å². The molecule has 1 aliphatic rings. The molecule has 5 nitrogen and oxygen atoms in total. The minimum atomic E-state index is -0.247. The Balaban J connectivity index is 1.58. The van der Waals surface area contributed by atoms with Crippen LogP contribution in [0.5, 0.6) is 23.0 Å². The van der Waals surface area contributed by atoms with E-state index in [0.717, 1.165) is 22.8 Å². The smallest absolute Gasteiger partial charge is 0.231 e. The lowest BCUT2D eigenvalue weighted by atomic mass is 9.97. The predicted molar refractivity (Wildman–Crippen MR) is 84.0 cm³/mol. The van der Waals surface area contributed by atoms with Gasteiger partial charge in [0.1, 0.15) is 11.5 Å². The van der Waals surface area contributed by atoms with Crippen molar-refractivity contribution in [3.05, 3.63) is 48.0 Å². The van der Waals surface area contributed by atoms with Crippen LogP contribution < -0.4 is 18.9 Å². The van der Waals surface area contributed by atoms with Gasteiger partial charge in [0.25, 0.3) is 0 Å². The molecule has 0 bridgehead atoms. The van der Waals surface area contributed by atoms with E-state index in [0.29, 0.717) is 18.8 Å². The van der Waals surface area contributed by atoms with Crippen LogP contribution in [0.1, 0.15) is 17.9 Å². The van der Waals surface area contributed by atoms with Crippen molar-refractivity contribution >= 4 is 0 Å². The van der Waals surface area contributed by atoms with Crippen LogP contribution in [0.3, 0.4) is 0 Å². The highest BCUT2D eigenvalue weighted by Crippen LogP contribution is 2.35. The third-order valence-electron chi connectivity index (χ3n) is 3.69. The average Bonchev–Trinajstić information content (AvgIpc) is 3.07. The summed E-state index contributed by atoms with van der Waals surface area (Å²) in [4.78, 5) is 0. The number of nitriles is 1. The Morgan fingerprint density at radius 3 is 2.57 bits per heavy atom. The van der Waals surface area contributed by atoms with Crippen molar-refractivity contribution in [2.45, 2.75) is 12.3 Å². The second-order valence-electron chi connectivity index (χ2n) is 5.11. The maximum Gasteiger partial charge on any atom is 0.231 e. The molecular formula is C18H17NO4. The van der Waals surface area contributed by atoms with Gasteiger partial charge < -0.3 is 18.9 Å². The van der Waals surface area contributed by atoms with E-state index in [-0.39, 0.29) is 12.7 Å². The van der Waals surface area contributed by atoms with E-state index in [2.05, 4.69) is 6.07 Å². The number of hydrogen-bond acceptors (Lipinski definition) is 5. The molecule has 2 aromatic rings. The van der Waals surface area contributed by atoms with Crippen molar-refractivity contribution in [3.8, 4) is 29.1 Å². The van der Waals surface area contributed by atoms with Crippen LogP contribution in [0, 0.1) is 11.3 Å². The number of nitrogens with zero attached hydrogens (tertiary/aromatic N) is 1. The van der Waals surface area contributed by atoms with Gasteiger partial charge in [0, 0.05) is 6.42 Å². The highest BCUT2D eigenvalue weighted by Gasteiger charge is 2.17. The van der Waals surface area contributed by atoms with Gasteiger partial charge in [-0.2, -0.15) is 5.26 Å². The SMILES string of the molecule is COc1ccc(OCCC(C#N)c2ccc3c(c2)OCO3)cc1. The number of methoxy groups -OCH3 is 1. The van der Waals surface area contributed by atoms with Crippen LogP contribution in [0.25, 0.3) is 0 Å². The molecule has 2 aromatic carbocycles. The van der Waals surface area contributed by atoms with E-state index >= 15 is 0 Å². The number of rotatable bonds is 6. The average molecular weight is 311 g/mol. The maximum absolute atomic E-state index is 9.40. The fraction of sp³-hybridized carbons (Fsp3) is 0.278. The zero-order valence-electron chi connectivity index (χ0n) is 12.8. The summed E-state index contributed by atoms with van der Waals surface area (Å²) < 4.78 is 21.4. The van der Waals surface area contributed by atoms with E-state index in [1.54, 1.807) is 7.11 Å². The van der Waals surface area contributed by atoms with Gasteiger partial charge in [-0.3, -0.25) is 0 Å². The molecule has 5 heteroatoms. The maximum atomic E-state index is 9.40. The minimum Gasteiger partial charge on any atom is -0.497 e.